The minimum Gasteiger partial charge on any atom is -0.399 e. The molecule has 1 heterocycles. The highest BCUT2D eigenvalue weighted by Gasteiger charge is 2.01. The average molecular weight is 251 g/mol. The number of aromatic nitrogens is 2. The second-order valence-electron chi connectivity index (χ2n) is 3.43. The third-order valence-corrected chi connectivity index (χ3v) is 4.08. The van der Waals surface area contributed by atoms with Crippen LogP contribution in [-0.4, -0.2) is 16.0 Å². The highest BCUT2D eigenvalue weighted by Crippen LogP contribution is 2.22. The van der Waals surface area contributed by atoms with Crippen molar-refractivity contribution < 1.29 is 0 Å². The van der Waals surface area contributed by atoms with E-state index in [2.05, 4.69) is 22.3 Å². The molecule has 84 valence electrons. The molecule has 1 aromatic carbocycles. The first-order chi connectivity index (χ1) is 7.74. The minimum absolute atomic E-state index is 0.816. The van der Waals surface area contributed by atoms with Crippen LogP contribution < -0.4 is 5.73 Å². The van der Waals surface area contributed by atoms with E-state index >= 15 is 0 Å². The van der Waals surface area contributed by atoms with E-state index in [0.29, 0.717) is 0 Å². The fourth-order valence-electron chi connectivity index (χ4n) is 1.28. The lowest BCUT2D eigenvalue weighted by molar-refractivity contribution is 0.982. The van der Waals surface area contributed by atoms with Gasteiger partial charge >= 0.3 is 0 Å². The Hall–Kier alpha value is -1.07. The number of nitrogens with zero attached hydrogens (tertiary/aromatic N) is 2. The van der Waals surface area contributed by atoms with Gasteiger partial charge in [-0.05, 0) is 31.0 Å². The molecule has 0 unspecified atom stereocenters. The number of aryl methyl sites for hydroxylation is 2. The van der Waals surface area contributed by atoms with Gasteiger partial charge in [0.25, 0.3) is 0 Å². The molecule has 5 heteroatoms. The van der Waals surface area contributed by atoms with Crippen molar-refractivity contribution in [1.29, 1.82) is 0 Å². The normalized spacial score (nSPS) is 10.6. The fourth-order valence-corrected chi connectivity index (χ4v) is 3.15. The van der Waals surface area contributed by atoms with Crippen LogP contribution in [0.4, 0.5) is 5.69 Å². The van der Waals surface area contributed by atoms with Gasteiger partial charge in [0.1, 0.15) is 5.01 Å². The van der Waals surface area contributed by atoms with Crippen molar-refractivity contribution in [1.82, 2.24) is 10.2 Å². The molecule has 0 aliphatic carbocycles. The first kappa shape index (κ1) is 11.4. The highest BCUT2D eigenvalue weighted by atomic mass is 32.2. The maximum absolute atomic E-state index is 5.63. The summed E-state index contributed by atoms with van der Waals surface area (Å²) in [6.07, 6.45) is 1.03. The Morgan fingerprint density at radius 1 is 1.25 bits per heavy atom. The van der Waals surface area contributed by atoms with Crippen molar-refractivity contribution in [2.75, 3.05) is 11.5 Å². The predicted molar refractivity (Wildman–Crippen MR) is 69.9 cm³/mol. The molecule has 1 aromatic heterocycles. The van der Waals surface area contributed by atoms with Gasteiger partial charge in [-0.25, -0.2) is 0 Å². The van der Waals surface area contributed by atoms with Crippen LogP contribution in [0.2, 0.25) is 0 Å². The van der Waals surface area contributed by atoms with Crippen LogP contribution in [-0.2, 0) is 6.42 Å². The third kappa shape index (κ3) is 3.21. The summed E-state index contributed by atoms with van der Waals surface area (Å²) in [4.78, 5) is 0. The number of hydrogen-bond acceptors (Lipinski definition) is 5. The van der Waals surface area contributed by atoms with Gasteiger partial charge in [-0.15, -0.1) is 10.2 Å². The smallest absolute Gasteiger partial charge is 0.174 e. The van der Waals surface area contributed by atoms with Crippen LogP contribution in [0, 0.1) is 6.92 Å². The number of hydrogen-bond donors (Lipinski definition) is 1. The van der Waals surface area contributed by atoms with E-state index < -0.39 is 0 Å². The van der Waals surface area contributed by atoms with Gasteiger partial charge in [-0.1, -0.05) is 35.2 Å². The topological polar surface area (TPSA) is 51.8 Å². The van der Waals surface area contributed by atoms with Gasteiger partial charge in [0.2, 0.25) is 0 Å². The van der Waals surface area contributed by atoms with Crippen LogP contribution in [0.25, 0.3) is 0 Å². The Kier molecular flexibility index (Phi) is 3.79. The summed E-state index contributed by atoms with van der Waals surface area (Å²) in [6.45, 7) is 1.97. The third-order valence-electron chi connectivity index (χ3n) is 2.10. The van der Waals surface area contributed by atoms with Crippen molar-refractivity contribution in [3.8, 4) is 0 Å². The van der Waals surface area contributed by atoms with Gasteiger partial charge < -0.3 is 5.73 Å². The molecule has 2 N–H and O–H groups in total. The number of anilines is 1. The number of rotatable bonds is 4. The SMILES string of the molecule is Cc1nnc(SCCc2ccc(N)cc2)s1. The second-order valence-corrected chi connectivity index (χ2v) is 5.95. The molecule has 2 rings (SSSR count). The van der Waals surface area contributed by atoms with Gasteiger partial charge in [0.15, 0.2) is 4.34 Å². The molecule has 3 nitrogen and oxygen atoms in total. The lowest BCUT2D eigenvalue weighted by Gasteiger charge is -2.00. The Morgan fingerprint density at radius 2 is 2.00 bits per heavy atom. The zero-order valence-electron chi connectivity index (χ0n) is 9.01. The molecule has 0 aliphatic rings. The average Bonchev–Trinajstić information content (AvgIpc) is 2.67. The Morgan fingerprint density at radius 3 is 2.62 bits per heavy atom. The van der Waals surface area contributed by atoms with Gasteiger partial charge in [0, 0.05) is 11.4 Å². The largest absolute Gasteiger partial charge is 0.399 e. The van der Waals surface area contributed by atoms with Gasteiger partial charge in [-0.3, -0.25) is 0 Å². The number of benzene rings is 1. The molecule has 0 atom stereocenters. The number of nitrogens with two attached hydrogens (primary N) is 1. The Labute approximate surface area is 103 Å². The van der Waals surface area contributed by atoms with Crippen LogP contribution in [0.15, 0.2) is 28.6 Å². The van der Waals surface area contributed by atoms with Crippen molar-refractivity contribution in [3.05, 3.63) is 34.8 Å². The molecule has 0 amide bonds. The zero-order valence-corrected chi connectivity index (χ0v) is 10.6. The molecule has 0 bridgehead atoms. The molecule has 0 saturated heterocycles. The molecular weight excluding hydrogens is 238 g/mol. The zero-order chi connectivity index (χ0) is 11.4. The first-order valence-electron chi connectivity index (χ1n) is 5.01. The van der Waals surface area contributed by atoms with Gasteiger partial charge in [-0.2, -0.15) is 0 Å². The molecular formula is C11H13N3S2. The maximum Gasteiger partial charge on any atom is 0.174 e. The van der Waals surface area contributed by atoms with E-state index in [0.717, 1.165) is 27.2 Å². The molecule has 2 aromatic rings. The van der Waals surface area contributed by atoms with E-state index in [1.54, 1.807) is 23.1 Å². The van der Waals surface area contributed by atoms with Gasteiger partial charge in [0.05, 0.1) is 0 Å². The second kappa shape index (κ2) is 5.32. The Bertz CT molecular complexity index is 451. The van der Waals surface area contributed by atoms with Crippen LogP contribution >= 0.6 is 23.1 Å². The maximum atomic E-state index is 5.63. The monoisotopic (exact) mass is 251 g/mol. The van der Waals surface area contributed by atoms with Crippen molar-refractivity contribution in [2.45, 2.75) is 17.7 Å². The molecule has 0 aliphatic heterocycles. The van der Waals surface area contributed by atoms with Crippen LogP contribution in [0.3, 0.4) is 0 Å². The number of nitrogen functional groups attached to an aromatic ring is 1. The van der Waals surface area contributed by atoms with Crippen LogP contribution in [0.5, 0.6) is 0 Å². The molecule has 0 radical (unpaired) electrons. The quantitative estimate of drug-likeness (QED) is 0.670. The summed E-state index contributed by atoms with van der Waals surface area (Å²) in [5, 5.41) is 9.08. The predicted octanol–water partition coefficient (Wildman–Crippen LogP) is 2.76. The lowest BCUT2D eigenvalue weighted by atomic mass is 10.2. The first-order valence-corrected chi connectivity index (χ1v) is 6.81. The molecule has 16 heavy (non-hydrogen) atoms. The highest BCUT2D eigenvalue weighted by molar-refractivity contribution is 8.01. The van der Waals surface area contributed by atoms with Crippen molar-refractivity contribution in [3.63, 3.8) is 0 Å². The van der Waals surface area contributed by atoms with E-state index in [4.69, 9.17) is 5.73 Å². The summed E-state index contributed by atoms with van der Waals surface area (Å²) in [5.74, 6) is 1.03. The molecule has 0 fully saturated rings. The van der Waals surface area contributed by atoms with E-state index in [1.807, 2.05) is 19.1 Å². The van der Waals surface area contributed by atoms with Crippen molar-refractivity contribution >= 4 is 28.8 Å². The standard InChI is InChI=1S/C11H13N3S2/c1-8-13-14-11(16-8)15-7-6-9-2-4-10(12)5-3-9/h2-5H,6-7,12H2,1H3. The van der Waals surface area contributed by atoms with E-state index in [-0.39, 0.29) is 0 Å². The van der Waals surface area contributed by atoms with E-state index in [9.17, 15) is 0 Å². The minimum atomic E-state index is 0.816. The van der Waals surface area contributed by atoms with Crippen molar-refractivity contribution in [2.24, 2.45) is 0 Å². The molecule has 0 spiro atoms. The summed E-state index contributed by atoms with van der Waals surface area (Å²) in [6, 6.07) is 8.02. The van der Waals surface area contributed by atoms with E-state index in [1.165, 1.54) is 5.56 Å². The summed E-state index contributed by atoms with van der Waals surface area (Å²) >= 11 is 3.40. The summed E-state index contributed by atoms with van der Waals surface area (Å²) < 4.78 is 1.05. The summed E-state index contributed by atoms with van der Waals surface area (Å²) in [7, 11) is 0. The fraction of sp³-hybridized carbons (Fsp3) is 0.273. The summed E-state index contributed by atoms with van der Waals surface area (Å²) in [5.41, 5.74) is 7.75. The molecule has 0 saturated carbocycles. The number of thioether (sulfide) groups is 1. The lowest BCUT2D eigenvalue weighted by Crippen LogP contribution is -1.90. The van der Waals surface area contributed by atoms with Crippen LogP contribution in [0.1, 0.15) is 10.6 Å². The Balaban J connectivity index is 1.82.